The fourth-order valence-corrected chi connectivity index (χ4v) is 5.53. The Morgan fingerprint density at radius 1 is 1.36 bits per heavy atom. The fourth-order valence-electron chi connectivity index (χ4n) is 2.15. The number of amides is 1. The molecule has 6 nitrogen and oxygen atoms in total. The molecule has 1 aromatic carbocycles. The minimum absolute atomic E-state index is 0.00391. The highest BCUT2D eigenvalue weighted by Crippen LogP contribution is 2.69. The van der Waals surface area contributed by atoms with Crippen molar-refractivity contribution < 1.29 is 32.3 Å². The van der Waals surface area contributed by atoms with Gasteiger partial charge in [-0.1, -0.05) is 11.6 Å². The van der Waals surface area contributed by atoms with Gasteiger partial charge < -0.3 is 19.9 Å². The molecule has 0 radical (unpaired) electrons. The third-order valence-electron chi connectivity index (χ3n) is 3.21. The maximum absolute atomic E-state index is 14.9. The molecule has 0 aliphatic rings. The molecule has 0 bridgehead atoms. The molecule has 2 rings (SSSR count). The summed E-state index contributed by atoms with van der Waals surface area (Å²) in [6.45, 7) is 2.29. The van der Waals surface area contributed by atoms with Crippen molar-refractivity contribution in [3.05, 3.63) is 27.6 Å². The van der Waals surface area contributed by atoms with Gasteiger partial charge in [-0.25, -0.2) is 0 Å². The first-order valence-corrected chi connectivity index (χ1v) is 9.85. The van der Waals surface area contributed by atoms with E-state index in [0.29, 0.717) is 11.3 Å². The number of alkyl halides is 2. The number of halogens is 3. The highest BCUT2D eigenvalue weighted by Gasteiger charge is 2.57. The van der Waals surface area contributed by atoms with E-state index in [9.17, 15) is 23.2 Å². The van der Waals surface area contributed by atoms with Crippen molar-refractivity contribution in [3.8, 4) is 5.75 Å². The maximum atomic E-state index is 14.9. The highest BCUT2D eigenvalue weighted by atomic mass is 35.5. The molecule has 0 saturated heterocycles. The Morgan fingerprint density at radius 3 is 2.40 bits per heavy atom. The second kappa shape index (κ2) is 7.17. The molecule has 0 aliphatic heterocycles. The van der Waals surface area contributed by atoms with Crippen LogP contribution in [0, 0.1) is 0 Å². The van der Waals surface area contributed by atoms with Crippen LogP contribution in [-0.2, 0) is 19.3 Å². The normalized spacial score (nSPS) is 12.7. The molecule has 0 aliphatic carbocycles. The number of phenols is 1. The first kappa shape index (κ1) is 20.1. The lowest BCUT2D eigenvalue weighted by Gasteiger charge is -2.25. The van der Waals surface area contributed by atoms with E-state index in [-0.39, 0.29) is 28.9 Å². The van der Waals surface area contributed by atoms with Crippen molar-refractivity contribution in [2.75, 3.05) is 13.2 Å². The van der Waals surface area contributed by atoms with Crippen LogP contribution >= 0.6 is 30.5 Å². The van der Waals surface area contributed by atoms with Crippen LogP contribution in [0.4, 0.5) is 8.78 Å². The van der Waals surface area contributed by atoms with E-state index in [1.54, 1.807) is 0 Å². The van der Waals surface area contributed by atoms with Crippen LogP contribution in [0.15, 0.2) is 12.1 Å². The lowest BCUT2D eigenvalue weighted by molar-refractivity contribution is 0.0393. The molecule has 1 heterocycles. The van der Waals surface area contributed by atoms with Crippen LogP contribution in [0.1, 0.15) is 29.1 Å². The number of carbonyl (C=O) groups is 1. The summed E-state index contributed by atoms with van der Waals surface area (Å²) in [4.78, 5) is 10.5. The minimum atomic E-state index is -4.85. The fraction of sp³-hybridized carbons (Fsp3) is 0.357. The van der Waals surface area contributed by atoms with Gasteiger partial charge in [0.25, 0.3) is 0 Å². The number of phenolic OH excluding ortho intramolecular Hbond substituents is 1. The Labute approximate surface area is 151 Å². The third kappa shape index (κ3) is 3.39. The van der Waals surface area contributed by atoms with Gasteiger partial charge in [0.1, 0.15) is 10.6 Å². The minimum Gasteiger partial charge on any atom is -0.506 e. The van der Waals surface area contributed by atoms with Gasteiger partial charge in [0, 0.05) is 10.9 Å². The zero-order chi connectivity index (χ0) is 19.0. The molecule has 138 valence electrons. The number of benzene rings is 1. The summed E-state index contributed by atoms with van der Waals surface area (Å²) in [5.74, 6) is -1.30. The monoisotopic (exact) mass is 413 g/mol. The van der Waals surface area contributed by atoms with Crippen molar-refractivity contribution in [3.63, 3.8) is 0 Å². The van der Waals surface area contributed by atoms with Crippen LogP contribution in [0.5, 0.6) is 5.75 Å². The molecule has 2 aromatic rings. The van der Waals surface area contributed by atoms with E-state index in [2.05, 4.69) is 0 Å². The molecule has 0 spiro atoms. The largest absolute Gasteiger partial charge is 0.506 e. The smallest absolute Gasteiger partial charge is 0.405 e. The summed E-state index contributed by atoms with van der Waals surface area (Å²) in [5, 5.41) is 9.52. The van der Waals surface area contributed by atoms with Gasteiger partial charge in [0.05, 0.1) is 22.9 Å². The maximum Gasteiger partial charge on any atom is 0.405 e. The van der Waals surface area contributed by atoms with E-state index >= 15 is 0 Å². The summed E-state index contributed by atoms with van der Waals surface area (Å²) in [7, 11) is -4.85. The van der Waals surface area contributed by atoms with Gasteiger partial charge in [-0.05, 0) is 26.0 Å². The Kier molecular flexibility index (Phi) is 5.75. The molecular weight excluding hydrogens is 399 g/mol. The highest BCUT2D eigenvalue weighted by molar-refractivity contribution is 7.55. The Bertz CT molecular complexity index is 863. The Hall–Kier alpha value is -1.25. The zero-order valence-corrected chi connectivity index (χ0v) is 15.7. The number of primary amides is 1. The molecule has 0 atom stereocenters. The first-order chi connectivity index (χ1) is 11.6. The van der Waals surface area contributed by atoms with E-state index < -0.39 is 34.8 Å². The van der Waals surface area contributed by atoms with Crippen LogP contribution in [-0.4, -0.2) is 24.2 Å². The number of hydrogen-bond donors (Lipinski definition) is 2. The molecule has 0 saturated carbocycles. The zero-order valence-electron chi connectivity index (χ0n) is 13.2. The number of fused-ring (bicyclic) bond motifs is 1. The lowest BCUT2D eigenvalue weighted by atomic mass is 10.1. The molecule has 0 unspecified atom stereocenters. The molecule has 0 fully saturated rings. The van der Waals surface area contributed by atoms with Crippen LogP contribution in [0.25, 0.3) is 10.1 Å². The van der Waals surface area contributed by atoms with Crippen LogP contribution in [0.3, 0.4) is 0 Å². The van der Waals surface area contributed by atoms with E-state index in [1.807, 2.05) is 0 Å². The van der Waals surface area contributed by atoms with Gasteiger partial charge in [0.15, 0.2) is 0 Å². The molecule has 1 amide bonds. The van der Waals surface area contributed by atoms with Gasteiger partial charge in [0.2, 0.25) is 5.91 Å². The number of nitrogens with two attached hydrogens (primary N) is 1. The summed E-state index contributed by atoms with van der Waals surface area (Å²) < 4.78 is 51.8. The molecular formula is C14H15ClF2NO5PS. The SMILES string of the molecule is CCOP(=O)(OCC)C(F)(F)c1sc2c(O)cc(C(N)=O)cc2c1Cl. The van der Waals surface area contributed by atoms with Crippen LogP contribution in [0.2, 0.25) is 5.02 Å². The number of rotatable bonds is 7. The average molecular weight is 414 g/mol. The predicted octanol–water partition coefficient (Wildman–Crippen LogP) is 4.67. The van der Waals surface area contributed by atoms with E-state index in [4.69, 9.17) is 26.4 Å². The summed E-state index contributed by atoms with van der Waals surface area (Å²) >= 11 is 6.47. The predicted molar refractivity (Wildman–Crippen MR) is 91.8 cm³/mol. The van der Waals surface area contributed by atoms with Gasteiger partial charge >= 0.3 is 13.3 Å². The topological polar surface area (TPSA) is 98.8 Å². The summed E-state index contributed by atoms with van der Waals surface area (Å²) in [5.41, 5.74) is 1.00. The summed E-state index contributed by atoms with van der Waals surface area (Å²) in [6.07, 6.45) is 0. The number of hydrogen-bond acceptors (Lipinski definition) is 6. The second-order valence-electron chi connectivity index (χ2n) is 4.86. The number of carbonyl (C=O) groups excluding carboxylic acids is 1. The molecule has 1 aromatic heterocycles. The van der Waals surface area contributed by atoms with Gasteiger partial charge in [-0.2, -0.15) is 8.78 Å². The van der Waals surface area contributed by atoms with Crippen LogP contribution < -0.4 is 5.73 Å². The van der Waals surface area contributed by atoms with Gasteiger partial charge in [-0.15, -0.1) is 11.3 Å². The van der Waals surface area contributed by atoms with Crippen molar-refractivity contribution in [1.29, 1.82) is 0 Å². The average Bonchev–Trinajstić information content (AvgIpc) is 2.86. The Morgan fingerprint density at radius 2 is 1.92 bits per heavy atom. The number of thiophene rings is 1. The lowest BCUT2D eigenvalue weighted by Crippen LogP contribution is -2.17. The van der Waals surface area contributed by atoms with Crippen molar-refractivity contribution in [2.45, 2.75) is 19.5 Å². The molecule has 3 N–H and O–H groups in total. The Balaban J connectivity index is 2.71. The number of aromatic hydroxyl groups is 1. The third-order valence-corrected chi connectivity index (χ3v) is 7.27. The second-order valence-corrected chi connectivity index (χ2v) is 8.33. The molecule has 25 heavy (non-hydrogen) atoms. The summed E-state index contributed by atoms with van der Waals surface area (Å²) in [6, 6.07) is 2.23. The quantitative estimate of drug-likeness (QED) is 0.642. The standard InChI is InChI=1S/C14H15ClF2NO5PS/c1-3-22-24(21,23-4-2)14(16,17)12-10(15)8-5-7(13(18)20)6-9(19)11(8)25-12/h5-6,19H,3-4H2,1-2H3,(H2,18,20). The molecule has 11 heteroatoms. The van der Waals surface area contributed by atoms with Crippen molar-refractivity contribution >= 4 is 46.5 Å². The van der Waals surface area contributed by atoms with Gasteiger partial charge in [-0.3, -0.25) is 9.36 Å². The van der Waals surface area contributed by atoms with Crippen molar-refractivity contribution in [2.24, 2.45) is 5.73 Å². The van der Waals surface area contributed by atoms with Crippen molar-refractivity contribution in [1.82, 2.24) is 0 Å². The first-order valence-electron chi connectivity index (χ1n) is 7.11. The van der Waals surface area contributed by atoms with E-state index in [1.165, 1.54) is 19.9 Å². The van der Waals surface area contributed by atoms with E-state index in [0.717, 1.165) is 6.07 Å².